The summed E-state index contributed by atoms with van der Waals surface area (Å²) in [6.45, 7) is 6.33. The molecule has 1 aliphatic heterocycles. The second kappa shape index (κ2) is 6.86. The van der Waals surface area contributed by atoms with Crippen LogP contribution in [0.5, 0.6) is 5.75 Å². The van der Waals surface area contributed by atoms with Crippen LogP contribution in [0.3, 0.4) is 0 Å². The van der Waals surface area contributed by atoms with Crippen molar-refractivity contribution in [1.82, 2.24) is 14.5 Å². The van der Waals surface area contributed by atoms with E-state index in [2.05, 4.69) is 31.0 Å². The quantitative estimate of drug-likeness (QED) is 0.823. The fraction of sp³-hybridized carbons (Fsp3) is 0.444. The molecular formula is C18H23N3O2. The van der Waals surface area contributed by atoms with E-state index in [4.69, 9.17) is 4.74 Å². The lowest BCUT2D eigenvalue weighted by Crippen LogP contribution is -2.56. The molecule has 1 aromatic carbocycles. The van der Waals surface area contributed by atoms with Crippen LogP contribution in [-0.4, -0.2) is 39.6 Å². The number of imidazole rings is 1. The van der Waals surface area contributed by atoms with Crippen molar-refractivity contribution in [3.05, 3.63) is 48.0 Å². The summed E-state index contributed by atoms with van der Waals surface area (Å²) < 4.78 is 8.05. The fourth-order valence-electron chi connectivity index (χ4n) is 2.86. The van der Waals surface area contributed by atoms with Crippen LogP contribution in [0.1, 0.15) is 24.0 Å². The maximum atomic E-state index is 12.1. The normalized spacial score (nSPS) is 14.6. The molecule has 0 aliphatic carbocycles. The third-order valence-electron chi connectivity index (χ3n) is 4.26. The monoisotopic (exact) mass is 313 g/mol. The molecule has 122 valence electrons. The predicted octanol–water partition coefficient (Wildman–Crippen LogP) is 2.57. The first-order valence-electron chi connectivity index (χ1n) is 8.10. The molecule has 5 heteroatoms. The number of likely N-dealkylation sites (tertiary alicyclic amines) is 1. The maximum Gasteiger partial charge on any atom is 0.222 e. The lowest BCUT2D eigenvalue weighted by Gasteiger charge is -2.39. The lowest BCUT2D eigenvalue weighted by atomic mass is 10.1. The first kappa shape index (κ1) is 15.6. The van der Waals surface area contributed by atoms with Gasteiger partial charge in [0.25, 0.3) is 0 Å². The van der Waals surface area contributed by atoms with Crippen molar-refractivity contribution in [3.8, 4) is 5.75 Å². The summed E-state index contributed by atoms with van der Waals surface area (Å²) in [5, 5.41) is 0. The van der Waals surface area contributed by atoms with Crippen LogP contribution in [0.15, 0.2) is 36.9 Å². The number of para-hydroxylation sites is 1. The number of amides is 1. The second-order valence-corrected chi connectivity index (χ2v) is 6.16. The molecule has 1 fully saturated rings. The Morgan fingerprint density at radius 3 is 2.70 bits per heavy atom. The SMILES string of the molecule is Cc1cccc(C)c1OC1CN(C(=O)CCCn2ccnc2)C1. The first-order chi connectivity index (χ1) is 11.1. The van der Waals surface area contributed by atoms with Crippen LogP contribution in [0.25, 0.3) is 0 Å². The van der Waals surface area contributed by atoms with Crippen molar-refractivity contribution in [1.29, 1.82) is 0 Å². The Labute approximate surface area is 136 Å². The highest BCUT2D eigenvalue weighted by molar-refractivity contribution is 5.77. The van der Waals surface area contributed by atoms with Crippen molar-refractivity contribution in [2.75, 3.05) is 13.1 Å². The molecule has 0 unspecified atom stereocenters. The van der Waals surface area contributed by atoms with E-state index in [1.807, 2.05) is 21.7 Å². The minimum atomic E-state index is 0.118. The minimum Gasteiger partial charge on any atom is -0.486 e. The summed E-state index contributed by atoms with van der Waals surface area (Å²) in [7, 11) is 0. The molecule has 23 heavy (non-hydrogen) atoms. The van der Waals surface area contributed by atoms with Crippen LogP contribution < -0.4 is 4.74 Å². The summed E-state index contributed by atoms with van der Waals surface area (Å²) in [6.07, 6.45) is 6.99. The van der Waals surface area contributed by atoms with Crippen molar-refractivity contribution < 1.29 is 9.53 Å². The fourth-order valence-corrected chi connectivity index (χ4v) is 2.86. The van der Waals surface area contributed by atoms with Gasteiger partial charge in [0.2, 0.25) is 5.91 Å². The first-order valence-corrected chi connectivity index (χ1v) is 8.10. The molecule has 0 radical (unpaired) electrons. The summed E-state index contributed by atoms with van der Waals surface area (Å²) in [5.74, 6) is 1.18. The van der Waals surface area contributed by atoms with Gasteiger partial charge in [0.1, 0.15) is 11.9 Å². The average Bonchev–Trinajstić information content (AvgIpc) is 2.98. The van der Waals surface area contributed by atoms with E-state index in [-0.39, 0.29) is 12.0 Å². The number of carbonyl (C=O) groups is 1. The third kappa shape index (κ3) is 3.73. The molecule has 5 nitrogen and oxygen atoms in total. The lowest BCUT2D eigenvalue weighted by molar-refractivity contribution is -0.140. The third-order valence-corrected chi connectivity index (χ3v) is 4.26. The average molecular weight is 313 g/mol. The number of hydrogen-bond donors (Lipinski definition) is 0. The molecule has 0 bridgehead atoms. The topological polar surface area (TPSA) is 47.4 Å². The summed E-state index contributed by atoms with van der Waals surface area (Å²) in [5.41, 5.74) is 2.30. The van der Waals surface area contributed by atoms with Crippen molar-refractivity contribution >= 4 is 5.91 Å². The highest BCUT2D eigenvalue weighted by Crippen LogP contribution is 2.26. The molecule has 1 aliphatic rings. The van der Waals surface area contributed by atoms with Gasteiger partial charge in [0.15, 0.2) is 0 Å². The number of nitrogens with zero attached hydrogens (tertiary/aromatic N) is 3. The zero-order valence-electron chi connectivity index (χ0n) is 13.7. The van der Waals surface area contributed by atoms with Gasteiger partial charge in [-0.15, -0.1) is 0 Å². The summed E-state index contributed by atoms with van der Waals surface area (Å²) in [4.78, 5) is 18.0. The Kier molecular flexibility index (Phi) is 4.65. The highest BCUT2D eigenvalue weighted by atomic mass is 16.5. The van der Waals surface area contributed by atoms with E-state index in [9.17, 15) is 4.79 Å². The smallest absolute Gasteiger partial charge is 0.222 e. The minimum absolute atomic E-state index is 0.118. The summed E-state index contributed by atoms with van der Waals surface area (Å²) in [6, 6.07) is 6.15. The standard InChI is InChI=1S/C18H23N3O2/c1-14-5-3-6-15(2)18(14)23-16-11-21(12-16)17(22)7-4-9-20-10-8-19-13-20/h3,5-6,8,10,13,16H,4,7,9,11-12H2,1-2H3. The number of rotatable bonds is 6. The van der Waals surface area contributed by atoms with Gasteiger partial charge in [-0.1, -0.05) is 18.2 Å². The van der Waals surface area contributed by atoms with Gasteiger partial charge in [0.05, 0.1) is 19.4 Å². The van der Waals surface area contributed by atoms with Gasteiger partial charge in [0, 0.05) is 25.4 Å². The number of benzene rings is 1. The van der Waals surface area contributed by atoms with Crippen LogP contribution in [0, 0.1) is 13.8 Å². The molecule has 2 heterocycles. The van der Waals surface area contributed by atoms with E-state index in [1.165, 1.54) is 0 Å². The Morgan fingerprint density at radius 1 is 1.30 bits per heavy atom. The predicted molar refractivity (Wildman–Crippen MR) is 88.4 cm³/mol. The molecule has 1 saturated heterocycles. The molecule has 1 amide bonds. The van der Waals surface area contributed by atoms with E-state index in [1.54, 1.807) is 12.5 Å². The van der Waals surface area contributed by atoms with Gasteiger partial charge in [-0.05, 0) is 31.4 Å². The summed E-state index contributed by atoms with van der Waals surface area (Å²) >= 11 is 0. The van der Waals surface area contributed by atoms with Crippen LogP contribution in [-0.2, 0) is 11.3 Å². The number of aryl methyl sites for hydroxylation is 3. The van der Waals surface area contributed by atoms with E-state index < -0.39 is 0 Å². The van der Waals surface area contributed by atoms with Gasteiger partial charge in [-0.25, -0.2) is 4.98 Å². The molecule has 0 N–H and O–H groups in total. The molecule has 2 aromatic rings. The number of ether oxygens (including phenoxy) is 1. The van der Waals surface area contributed by atoms with Gasteiger partial charge in [-0.3, -0.25) is 4.79 Å². The molecular weight excluding hydrogens is 290 g/mol. The van der Waals surface area contributed by atoms with Crippen molar-refractivity contribution in [2.45, 2.75) is 39.3 Å². The Bertz CT molecular complexity index is 641. The highest BCUT2D eigenvalue weighted by Gasteiger charge is 2.32. The largest absolute Gasteiger partial charge is 0.486 e. The maximum absolute atomic E-state index is 12.1. The van der Waals surface area contributed by atoms with Gasteiger partial charge < -0.3 is 14.2 Å². The second-order valence-electron chi connectivity index (χ2n) is 6.16. The molecule has 0 spiro atoms. The van der Waals surface area contributed by atoms with Gasteiger partial charge >= 0.3 is 0 Å². The Morgan fingerprint density at radius 2 is 2.04 bits per heavy atom. The zero-order valence-corrected chi connectivity index (χ0v) is 13.7. The number of hydrogen-bond acceptors (Lipinski definition) is 3. The zero-order chi connectivity index (χ0) is 16.2. The number of aromatic nitrogens is 2. The van der Waals surface area contributed by atoms with E-state index >= 15 is 0 Å². The van der Waals surface area contributed by atoms with Crippen molar-refractivity contribution in [3.63, 3.8) is 0 Å². The Hall–Kier alpha value is -2.30. The van der Waals surface area contributed by atoms with Crippen molar-refractivity contribution in [2.24, 2.45) is 0 Å². The Balaban J connectivity index is 1.41. The van der Waals surface area contributed by atoms with Crippen LogP contribution >= 0.6 is 0 Å². The van der Waals surface area contributed by atoms with Crippen LogP contribution in [0.2, 0.25) is 0 Å². The molecule has 3 rings (SSSR count). The number of carbonyl (C=O) groups excluding carboxylic acids is 1. The molecule has 0 atom stereocenters. The van der Waals surface area contributed by atoms with Gasteiger partial charge in [-0.2, -0.15) is 0 Å². The molecule has 0 saturated carbocycles. The van der Waals surface area contributed by atoms with E-state index in [0.29, 0.717) is 19.5 Å². The van der Waals surface area contributed by atoms with Crippen LogP contribution in [0.4, 0.5) is 0 Å². The van der Waals surface area contributed by atoms with E-state index in [0.717, 1.165) is 29.8 Å². The molecule has 1 aromatic heterocycles.